The van der Waals surface area contributed by atoms with Crippen LogP contribution in [0.5, 0.6) is 0 Å². The number of rotatable bonds is 7. The van der Waals surface area contributed by atoms with Crippen molar-refractivity contribution in [3.05, 3.63) is 23.7 Å². The molecular weight excluding hydrogens is 500 g/mol. The van der Waals surface area contributed by atoms with Crippen LogP contribution in [0.2, 0.25) is 0 Å². The summed E-state index contributed by atoms with van der Waals surface area (Å²) in [6.45, 7) is 7.27. The van der Waals surface area contributed by atoms with E-state index in [2.05, 4.69) is 15.6 Å². The second-order valence-corrected chi connectivity index (χ2v) is 13.1. The molecule has 204 valence electrons. The molecule has 3 heterocycles. The fourth-order valence-electron chi connectivity index (χ4n) is 6.60. The molecule has 0 saturated heterocycles. The zero-order valence-electron chi connectivity index (χ0n) is 22.5. The molecule has 0 bridgehead atoms. The first-order valence-electron chi connectivity index (χ1n) is 13.8. The van der Waals surface area contributed by atoms with Gasteiger partial charge in [0, 0.05) is 17.7 Å². The van der Waals surface area contributed by atoms with E-state index in [9.17, 15) is 15.3 Å². The lowest BCUT2D eigenvalue weighted by Crippen LogP contribution is -2.40. The van der Waals surface area contributed by atoms with Gasteiger partial charge in [0.1, 0.15) is 22.4 Å². The molecule has 38 heavy (non-hydrogen) atoms. The van der Waals surface area contributed by atoms with Crippen molar-refractivity contribution in [3.63, 3.8) is 0 Å². The summed E-state index contributed by atoms with van der Waals surface area (Å²) in [6.07, 6.45) is 7.46. The van der Waals surface area contributed by atoms with Crippen LogP contribution in [0.25, 0.3) is 20.8 Å². The molecule has 0 amide bonds. The molecule has 0 unspecified atom stereocenters. The summed E-state index contributed by atoms with van der Waals surface area (Å²) in [7, 11) is 0. The Balaban J connectivity index is 1.39. The molecule has 9 nitrogen and oxygen atoms in total. The number of nitrogens with zero attached hydrogens (tertiary/aromatic N) is 4. The monoisotopic (exact) mass is 538 g/mol. The van der Waals surface area contributed by atoms with Gasteiger partial charge in [0.05, 0.1) is 39.4 Å². The van der Waals surface area contributed by atoms with Crippen LogP contribution in [-0.2, 0) is 0 Å². The largest absolute Gasteiger partial charge is 0.390 e. The van der Waals surface area contributed by atoms with Crippen LogP contribution in [0.1, 0.15) is 70.2 Å². The highest BCUT2D eigenvalue weighted by atomic mass is 32.1. The summed E-state index contributed by atoms with van der Waals surface area (Å²) in [4.78, 5) is 19.2. The number of aliphatic hydroxyl groups is 3. The van der Waals surface area contributed by atoms with Gasteiger partial charge >= 0.3 is 0 Å². The molecule has 3 aliphatic carbocycles. The Morgan fingerprint density at radius 3 is 2.39 bits per heavy atom. The molecule has 3 saturated carbocycles. The highest BCUT2D eigenvalue weighted by Gasteiger charge is 2.51. The third kappa shape index (κ3) is 4.55. The first-order chi connectivity index (χ1) is 18.1. The summed E-state index contributed by atoms with van der Waals surface area (Å²) in [6, 6.07) is 1.48. The van der Waals surface area contributed by atoms with Crippen molar-refractivity contribution in [1.29, 1.82) is 0 Å². The van der Waals surface area contributed by atoms with E-state index in [4.69, 9.17) is 15.0 Å². The Morgan fingerprint density at radius 2 is 1.76 bits per heavy atom. The van der Waals surface area contributed by atoms with Crippen molar-refractivity contribution in [3.8, 4) is 10.6 Å². The molecule has 3 aromatic rings. The van der Waals surface area contributed by atoms with E-state index in [-0.39, 0.29) is 5.54 Å². The Labute approximate surface area is 227 Å². The number of pyridine rings is 1. The molecule has 6 rings (SSSR count). The van der Waals surface area contributed by atoms with Gasteiger partial charge in [-0.2, -0.15) is 4.98 Å². The van der Waals surface area contributed by atoms with Gasteiger partial charge in [-0.3, -0.25) is 4.98 Å². The standard InChI is InChI=1S/C28H38N6O3S/c1-14-20(25-32-21-15(2)29-12-9-19(21)38-25)24(31-18-13-17(27(3,4)37)22(35)23(18)36)33-26(30-14)34-28(10-11-28)16-7-5-6-8-16/h9,12,16-18,22-23,35-37H,5-8,10-11,13H2,1-4H3,(H2,30,31,33,34)/t17-,18+,22+,23-/m0/s1. The fourth-order valence-corrected chi connectivity index (χ4v) is 7.71. The van der Waals surface area contributed by atoms with E-state index >= 15 is 0 Å². The minimum absolute atomic E-state index is 0.0788. The minimum atomic E-state index is -1.12. The molecule has 3 fully saturated rings. The number of hydrogen-bond acceptors (Lipinski definition) is 10. The fraction of sp³-hybridized carbons (Fsp3) is 0.643. The predicted octanol–water partition coefficient (Wildman–Crippen LogP) is 4.19. The lowest BCUT2D eigenvalue weighted by atomic mass is 9.88. The number of nitrogens with one attached hydrogen (secondary N) is 2. The van der Waals surface area contributed by atoms with Crippen molar-refractivity contribution >= 4 is 33.3 Å². The smallest absolute Gasteiger partial charge is 0.225 e. The van der Waals surface area contributed by atoms with Crippen LogP contribution in [-0.4, -0.2) is 64.6 Å². The van der Waals surface area contributed by atoms with Crippen LogP contribution in [0.4, 0.5) is 11.8 Å². The third-order valence-corrected chi connectivity index (χ3v) is 10.0. The van der Waals surface area contributed by atoms with E-state index in [1.54, 1.807) is 31.4 Å². The zero-order chi connectivity index (χ0) is 26.8. The maximum absolute atomic E-state index is 10.9. The molecule has 3 aliphatic rings. The SMILES string of the molecule is Cc1nc(NC2(C3CCCC3)CC2)nc(N[C@@H]2C[C@H](C(C)(C)O)[C@@H](O)[C@H]2O)c1-c1nc2c(C)nccc2s1. The number of aromatic nitrogens is 4. The molecule has 0 radical (unpaired) electrons. The lowest BCUT2D eigenvalue weighted by molar-refractivity contribution is -0.0601. The Kier molecular flexibility index (Phi) is 6.37. The molecule has 0 aliphatic heterocycles. The lowest BCUT2D eigenvalue weighted by Gasteiger charge is -2.28. The van der Waals surface area contributed by atoms with Gasteiger partial charge in [-0.1, -0.05) is 12.8 Å². The van der Waals surface area contributed by atoms with Crippen molar-refractivity contribution in [2.45, 2.75) is 102 Å². The third-order valence-electron chi connectivity index (χ3n) is 8.99. The average molecular weight is 539 g/mol. The van der Waals surface area contributed by atoms with Crippen molar-refractivity contribution < 1.29 is 15.3 Å². The Morgan fingerprint density at radius 1 is 1.03 bits per heavy atom. The Bertz CT molecular complexity index is 1340. The number of anilines is 2. The van der Waals surface area contributed by atoms with Crippen LogP contribution in [0.15, 0.2) is 12.3 Å². The topological polar surface area (TPSA) is 136 Å². The van der Waals surface area contributed by atoms with Gasteiger partial charge in [-0.05, 0) is 71.8 Å². The van der Waals surface area contributed by atoms with E-state index in [1.165, 1.54) is 25.7 Å². The van der Waals surface area contributed by atoms with Gasteiger partial charge in [0.2, 0.25) is 5.95 Å². The molecule has 0 aromatic carbocycles. The van der Waals surface area contributed by atoms with Crippen LogP contribution < -0.4 is 10.6 Å². The summed E-state index contributed by atoms with van der Waals surface area (Å²) in [5, 5.41) is 40.2. The van der Waals surface area contributed by atoms with Gasteiger partial charge in [-0.15, -0.1) is 11.3 Å². The highest BCUT2D eigenvalue weighted by molar-refractivity contribution is 7.21. The number of aryl methyl sites for hydroxylation is 2. The highest BCUT2D eigenvalue weighted by Crippen LogP contribution is 2.51. The van der Waals surface area contributed by atoms with E-state index in [0.717, 1.165) is 45.0 Å². The molecular formula is C28H38N6O3S. The molecule has 0 spiro atoms. The van der Waals surface area contributed by atoms with Crippen molar-refractivity contribution in [2.75, 3.05) is 10.6 Å². The average Bonchev–Trinajstić information content (AvgIpc) is 3.19. The quantitative estimate of drug-likeness (QED) is 0.300. The van der Waals surface area contributed by atoms with Gasteiger partial charge in [0.15, 0.2) is 0 Å². The van der Waals surface area contributed by atoms with E-state index < -0.39 is 29.8 Å². The summed E-state index contributed by atoms with van der Waals surface area (Å²) in [5.74, 6) is 1.36. The number of hydrogen-bond donors (Lipinski definition) is 5. The van der Waals surface area contributed by atoms with Crippen molar-refractivity contribution in [1.82, 2.24) is 19.9 Å². The van der Waals surface area contributed by atoms with Gasteiger partial charge in [0.25, 0.3) is 0 Å². The molecule has 5 N–H and O–H groups in total. The number of aliphatic hydroxyl groups excluding tert-OH is 2. The summed E-state index contributed by atoms with van der Waals surface area (Å²) >= 11 is 1.57. The maximum Gasteiger partial charge on any atom is 0.225 e. The first-order valence-corrected chi connectivity index (χ1v) is 14.6. The molecule has 3 aromatic heterocycles. The number of thiazole rings is 1. The summed E-state index contributed by atoms with van der Waals surface area (Å²) < 4.78 is 1.04. The normalized spacial score (nSPS) is 27.2. The minimum Gasteiger partial charge on any atom is -0.390 e. The number of fused-ring (bicyclic) bond motifs is 1. The first kappa shape index (κ1) is 25.9. The summed E-state index contributed by atoms with van der Waals surface area (Å²) in [5.41, 5.74) is 2.27. The Hall–Kier alpha value is -2.40. The van der Waals surface area contributed by atoms with E-state index in [0.29, 0.717) is 24.1 Å². The molecule has 10 heteroatoms. The predicted molar refractivity (Wildman–Crippen MR) is 149 cm³/mol. The van der Waals surface area contributed by atoms with E-state index in [1.807, 2.05) is 19.9 Å². The second-order valence-electron chi connectivity index (χ2n) is 12.1. The second kappa shape index (κ2) is 9.36. The maximum atomic E-state index is 10.9. The van der Waals surface area contributed by atoms with Crippen LogP contribution in [0, 0.1) is 25.7 Å². The van der Waals surface area contributed by atoms with Crippen molar-refractivity contribution in [2.24, 2.45) is 11.8 Å². The van der Waals surface area contributed by atoms with Crippen LogP contribution in [0.3, 0.4) is 0 Å². The molecule has 4 atom stereocenters. The van der Waals surface area contributed by atoms with Gasteiger partial charge < -0.3 is 26.0 Å². The van der Waals surface area contributed by atoms with Gasteiger partial charge in [-0.25, -0.2) is 9.97 Å². The zero-order valence-corrected chi connectivity index (χ0v) is 23.3. The van der Waals surface area contributed by atoms with Crippen LogP contribution >= 0.6 is 11.3 Å².